The number of ether oxygens (including phenoxy) is 1. The highest BCUT2D eigenvalue weighted by Crippen LogP contribution is 2.34. The van der Waals surface area contributed by atoms with Gasteiger partial charge in [-0.15, -0.1) is 21.5 Å². The second-order valence-electron chi connectivity index (χ2n) is 3.18. The lowest BCUT2D eigenvalue weighted by molar-refractivity contribution is -0.133. The van der Waals surface area contributed by atoms with Crippen molar-refractivity contribution in [3.05, 3.63) is 11.4 Å². The maximum atomic E-state index is 10.5. The molecule has 0 radical (unpaired) electrons. The number of carboxylic acids is 1. The number of hydrogen-bond acceptors (Lipinski definition) is 7. The Morgan fingerprint density at radius 2 is 2.44 bits per heavy atom. The fraction of sp³-hybridized carbons (Fsp3) is 0.222. The van der Waals surface area contributed by atoms with Crippen LogP contribution in [0.1, 0.15) is 0 Å². The first-order chi connectivity index (χ1) is 8.63. The van der Waals surface area contributed by atoms with Crippen molar-refractivity contribution >= 4 is 29.1 Å². The van der Waals surface area contributed by atoms with E-state index in [4.69, 9.17) is 15.7 Å². The van der Waals surface area contributed by atoms with Crippen molar-refractivity contribution in [3.63, 3.8) is 0 Å². The lowest BCUT2D eigenvalue weighted by Crippen LogP contribution is -2.12. The quantitative estimate of drug-likeness (QED) is 0.621. The molecule has 0 aliphatic rings. The Balaban J connectivity index is 2.28. The van der Waals surface area contributed by atoms with Crippen LogP contribution in [0.25, 0.3) is 10.7 Å². The Labute approximate surface area is 111 Å². The first kappa shape index (κ1) is 12.7. The average molecular weight is 286 g/mol. The number of aromatic nitrogens is 3. The van der Waals surface area contributed by atoms with Gasteiger partial charge >= 0.3 is 5.97 Å². The van der Waals surface area contributed by atoms with Crippen LogP contribution in [0.15, 0.2) is 16.6 Å². The number of carboxylic acid groups (broad SMARTS) is 1. The predicted molar refractivity (Wildman–Crippen MR) is 68.4 cm³/mol. The summed E-state index contributed by atoms with van der Waals surface area (Å²) < 4.78 is 6.44. The highest BCUT2D eigenvalue weighted by molar-refractivity contribution is 7.99. The molecule has 9 heteroatoms. The van der Waals surface area contributed by atoms with Gasteiger partial charge in [0.15, 0.2) is 5.82 Å². The van der Waals surface area contributed by atoms with Crippen molar-refractivity contribution < 1.29 is 14.6 Å². The van der Waals surface area contributed by atoms with E-state index in [1.54, 1.807) is 13.2 Å². The van der Waals surface area contributed by atoms with Gasteiger partial charge in [0.2, 0.25) is 5.16 Å². The third-order valence-corrected chi connectivity index (χ3v) is 3.86. The molecule has 2 aromatic heterocycles. The number of thiophene rings is 1. The zero-order valence-electron chi connectivity index (χ0n) is 9.36. The van der Waals surface area contributed by atoms with Gasteiger partial charge < -0.3 is 15.7 Å². The molecule has 0 unspecified atom stereocenters. The zero-order chi connectivity index (χ0) is 13.1. The van der Waals surface area contributed by atoms with Crippen molar-refractivity contribution in [2.24, 2.45) is 0 Å². The van der Waals surface area contributed by atoms with Crippen LogP contribution in [0.4, 0.5) is 0 Å². The van der Waals surface area contributed by atoms with Crippen LogP contribution in [0.3, 0.4) is 0 Å². The van der Waals surface area contributed by atoms with Gasteiger partial charge in [0.1, 0.15) is 10.6 Å². The largest absolute Gasteiger partial charge is 0.495 e. The molecule has 18 heavy (non-hydrogen) atoms. The van der Waals surface area contributed by atoms with E-state index in [9.17, 15) is 4.79 Å². The highest BCUT2D eigenvalue weighted by Gasteiger charge is 2.17. The van der Waals surface area contributed by atoms with E-state index in [1.807, 2.05) is 5.38 Å². The van der Waals surface area contributed by atoms with Gasteiger partial charge in [0, 0.05) is 0 Å². The Hall–Kier alpha value is -1.74. The van der Waals surface area contributed by atoms with Crippen LogP contribution in [0.5, 0.6) is 5.75 Å². The number of rotatable bonds is 5. The topological polar surface area (TPSA) is 103 Å². The second kappa shape index (κ2) is 5.27. The molecule has 3 N–H and O–H groups in total. The van der Waals surface area contributed by atoms with Crippen LogP contribution < -0.4 is 10.6 Å². The minimum atomic E-state index is -0.932. The molecular weight excluding hydrogens is 276 g/mol. The van der Waals surface area contributed by atoms with E-state index < -0.39 is 5.97 Å². The van der Waals surface area contributed by atoms with Crippen molar-refractivity contribution in [3.8, 4) is 16.5 Å². The molecule has 2 rings (SSSR count). The fourth-order valence-corrected chi connectivity index (χ4v) is 2.69. The van der Waals surface area contributed by atoms with E-state index in [1.165, 1.54) is 16.0 Å². The minimum Gasteiger partial charge on any atom is -0.495 e. The molecule has 7 nitrogen and oxygen atoms in total. The average Bonchev–Trinajstić information content (AvgIpc) is 2.92. The summed E-state index contributed by atoms with van der Waals surface area (Å²) >= 11 is 2.44. The van der Waals surface area contributed by atoms with Gasteiger partial charge in [0.25, 0.3) is 0 Å². The van der Waals surface area contributed by atoms with Gasteiger partial charge in [-0.2, -0.15) is 0 Å². The Kier molecular flexibility index (Phi) is 3.72. The first-order valence-electron chi connectivity index (χ1n) is 4.80. The SMILES string of the molecule is COc1ccsc1-c1nnc(SCC(=O)O)n1N. The second-order valence-corrected chi connectivity index (χ2v) is 5.04. The van der Waals surface area contributed by atoms with Crippen LogP contribution in [0.2, 0.25) is 0 Å². The van der Waals surface area contributed by atoms with Gasteiger partial charge in [-0.1, -0.05) is 11.8 Å². The third kappa shape index (κ3) is 2.41. The molecule has 0 aromatic carbocycles. The molecule has 0 saturated carbocycles. The summed E-state index contributed by atoms with van der Waals surface area (Å²) in [5.74, 6) is 5.90. The van der Waals surface area contributed by atoms with Crippen molar-refractivity contribution in [2.45, 2.75) is 5.16 Å². The van der Waals surface area contributed by atoms with Crippen molar-refractivity contribution in [1.29, 1.82) is 0 Å². The van der Waals surface area contributed by atoms with Crippen molar-refractivity contribution in [2.75, 3.05) is 18.7 Å². The van der Waals surface area contributed by atoms with E-state index >= 15 is 0 Å². The molecule has 0 amide bonds. The number of hydrogen-bond donors (Lipinski definition) is 2. The number of carbonyl (C=O) groups is 1. The molecule has 96 valence electrons. The highest BCUT2D eigenvalue weighted by atomic mass is 32.2. The summed E-state index contributed by atoms with van der Waals surface area (Å²) in [6.45, 7) is 0. The lowest BCUT2D eigenvalue weighted by atomic mass is 10.4. The summed E-state index contributed by atoms with van der Waals surface area (Å²) in [7, 11) is 1.56. The molecule has 0 aliphatic carbocycles. The standard InChI is InChI=1S/C9H10N4O3S2/c1-16-5-2-3-17-7(5)8-11-12-9(13(8)10)18-4-6(14)15/h2-3H,4,10H2,1H3,(H,14,15). The molecule has 0 saturated heterocycles. The number of nitrogens with zero attached hydrogens (tertiary/aromatic N) is 3. The predicted octanol–water partition coefficient (Wildman–Crippen LogP) is 0.906. The van der Waals surface area contributed by atoms with Crippen LogP contribution in [-0.4, -0.2) is 38.8 Å². The maximum Gasteiger partial charge on any atom is 0.313 e. The molecule has 0 aliphatic heterocycles. The molecule has 2 aromatic rings. The van der Waals surface area contributed by atoms with E-state index in [0.717, 1.165) is 16.6 Å². The zero-order valence-corrected chi connectivity index (χ0v) is 11.0. The molecular formula is C9H10N4O3S2. The van der Waals surface area contributed by atoms with Crippen LogP contribution in [0, 0.1) is 0 Å². The van der Waals surface area contributed by atoms with Gasteiger partial charge in [-0.25, -0.2) is 4.68 Å². The number of aliphatic carboxylic acids is 1. The lowest BCUT2D eigenvalue weighted by Gasteiger charge is -2.03. The summed E-state index contributed by atoms with van der Waals surface area (Å²) in [4.78, 5) is 11.2. The van der Waals surface area contributed by atoms with E-state index in [0.29, 0.717) is 16.7 Å². The molecule has 0 bridgehead atoms. The fourth-order valence-electron chi connectivity index (χ4n) is 1.28. The summed E-state index contributed by atoms with van der Waals surface area (Å²) in [6, 6.07) is 1.80. The molecule has 2 heterocycles. The number of nitrogen functional groups attached to an aromatic ring is 1. The Morgan fingerprint density at radius 1 is 1.67 bits per heavy atom. The monoisotopic (exact) mass is 286 g/mol. The van der Waals surface area contributed by atoms with E-state index in [-0.39, 0.29) is 5.75 Å². The van der Waals surface area contributed by atoms with Gasteiger partial charge in [0.05, 0.1) is 12.9 Å². The summed E-state index contributed by atoms with van der Waals surface area (Å²) in [6.07, 6.45) is 0. The van der Waals surface area contributed by atoms with E-state index in [2.05, 4.69) is 10.2 Å². The van der Waals surface area contributed by atoms with Gasteiger partial charge in [-0.05, 0) is 11.4 Å². The number of thioether (sulfide) groups is 1. The Bertz CT molecular complexity index is 566. The third-order valence-electron chi connectivity index (χ3n) is 2.04. The number of nitrogens with two attached hydrogens (primary N) is 1. The van der Waals surface area contributed by atoms with Crippen LogP contribution >= 0.6 is 23.1 Å². The summed E-state index contributed by atoms with van der Waals surface area (Å²) in [5.41, 5.74) is 0. The van der Waals surface area contributed by atoms with Crippen LogP contribution in [-0.2, 0) is 4.79 Å². The minimum absolute atomic E-state index is 0.114. The molecule has 0 spiro atoms. The first-order valence-corrected chi connectivity index (χ1v) is 6.67. The Morgan fingerprint density at radius 3 is 3.11 bits per heavy atom. The van der Waals surface area contributed by atoms with Gasteiger partial charge in [-0.3, -0.25) is 4.79 Å². The summed E-state index contributed by atoms with van der Waals surface area (Å²) in [5, 5.41) is 18.6. The van der Waals surface area contributed by atoms with Crippen molar-refractivity contribution in [1.82, 2.24) is 14.9 Å². The number of methoxy groups -OCH3 is 1. The molecule has 0 atom stereocenters. The smallest absolute Gasteiger partial charge is 0.313 e. The molecule has 0 fully saturated rings. The normalized spacial score (nSPS) is 10.5. The maximum absolute atomic E-state index is 10.5.